The number of hydrogen-bond donors (Lipinski definition) is 0. The smallest absolute Gasteiger partial charge is 0.343 e. The summed E-state index contributed by atoms with van der Waals surface area (Å²) in [6.45, 7) is 7.11. The largest absolute Gasteiger partial charge is 0.494 e. The van der Waals surface area contributed by atoms with Gasteiger partial charge < -0.3 is 33.2 Å². The molecule has 0 radical (unpaired) electrons. The van der Waals surface area contributed by atoms with Gasteiger partial charge in [0.05, 0.1) is 24.3 Å². The van der Waals surface area contributed by atoms with Gasteiger partial charge in [0, 0.05) is 12.5 Å². The molecule has 53 heavy (non-hydrogen) atoms. The topological polar surface area (TPSA) is 105 Å². The molecule has 0 saturated carbocycles. The zero-order valence-electron chi connectivity index (χ0n) is 30.6. The van der Waals surface area contributed by atoms with Crippen molar-refractivity contribution >= 4 is 11.9 Å². The monoisotopic (exact) mass is 720 g/mol. The van der Waals surface area contributed by atoms with Gasteiger partial charge in [-0.1, -0.05) is 45.2 Å². The number of ether oxygens (including phenoxy) is 7. The summed E-state index contributed by atoms with van der Waals surface area (Å²) in [5.41, 5.74) is 5.10. The van der Waals surface area contributed by atoms with Crippen LogP contribution < -0.4 is 18.9 Å². The van der Waals surface area contributed by atoms with E-state index in [0.29, 0.717) is 29.2 Å². The maximum Gasteiger partial charge on any atom is 0.343 e. The van der Waals surface area contributed by atoms with Crippen molar-refractivity contribution in [3.05, 3.63) is 107 Å². The fourth-order valence-electron chi connectivity index (χ4n) is 6.73. The molecule has 0 aromatic heterocycles. The number of esters is 2. The molecule has 4 aromatic carbocycles. The lowest BCUT2D eigenvalue weighted by atomic mass is 9.99. The van der Waals surface area contributed by atoms with E-state index in [1.54, 1.807) is 36.4 Å². The third kappa shape index (κ3) is 9.84. The normalized spacial score (nSPS) is 18.4. The van der Waals surface area contributed by atoms with Crippen LogP contribution in [0.15, 0.2) is 84.9 Å². The highest BCUT2D eigenvalue weighted by molar-refractivity contribution is 5.92. The zero-order chi connectivity index (χ0) is 36.6. The molecule has 278 valence electrons. The number of carbonyl (C=O) groups is 2. The Morgan fingerprint density at radius 3 is 1.75 bits per heavy atom. The maximum absolute atomic E-state index is 13.1. The highest BCUT2D eigenvalue weighted by Crippen LogP contribution is 2.47. The van der Waals surface area contributed by atoms with Crippen LogP contribution in [0.5, 0.6) is 23.0 Å². The number of epoxide rings is 2. The van der Waals surface area contributed by atoms with Crippen molar-refractivity contribution in [1.82, 2.24) is 0 Å². The van der Waals surface area contributed by atoms with Crippen LogP contribution in [0.4, 0.5) is 0 Å². The standard InChI is InChI=1S/C44H48O9/c1-3-4-7-10-40(41-27-49-41)51-33-17-13-31(14-18-33)44(46)53-35-20-22-37-36-21-19-34(25-38(36)29(2)39(37)26-35)52-43(45)30-11-15-32(16-12-30)47-23-8-5-6-9-24-48-42-28-50-42/h11-22,25-26,29,40-42H,3-10,23-24,27-28H2,1-2H3. The van der Waals surface area contributed by atoms with Gasteiger partial charge >= 0.3 is 11.9 Å². The lowest BCUT2D eigenvalue weighted by Gasteiger charge is -2.17. The van der Waals surface area contributed by atoms with Crippen molar-refractivity contribution in [2.45, 2.75) is 89.6 Å². The summed E-state index contributed by atoms with van der Waals surface area (Å²) in [6.07, 6.45) is 8.74. The second-order valence-electron chi connectivity index (χ2n) is 14.0. The molecule has 0 amide bonds. The molecule has 1 aliphatic carbocycles. The molecule has 7 rings (SSSR count). The Labute approximate surface area is 311 Å². The minimum atomic E-state index is -0.435. The van der Waals surface area contributed by atoms with Crippen LogP contribution in [-0.4, -0.2) is 56.9 Å². The summed E-state index contributed by atoms with van der Waals surface area (Å²) in [5, 5.41) is 0. The molecule has 2 aliphatic heterocycles. The van der Waals surface area contributed by atoms with Crippen LogP contribution in [0.2, 0.25) is 0 Å². The highest BCUT2D eigenvalue weighted by atomic mass is 16.8. The van der Waals surface area contributed by atoms with E-state index < -0.39 is 11.9 Å². The summed E-state index contributed by atoms with van der Waals surface area (Å²) in [4.78, 5) is 26.1. The SMILES string of the molecule is CCCCCC(Oc1ccc(C(=O)Oc2ccc3c(c2)C(C)c2cc(OC(=O)c4ccc(OCCCCCCOC5CO5)cc4)ccc2-3)cc1)C1CO1. The minimum Gasteiger partial charge on any atom is -0.494 e. The second kappa shape index (κ2) is 17.4. The van der Waals surface area contributed by atoms with Gasteiger partial charge in [0.1, 0.15) is 41.8 Å². The van der Waals surface area contributed by atoms with E-state index in [-0.39, 0.29) is 24.4 Å². The Kier molecular flexibility index (Phi) is 12.0. The molecule has 4 atom stereocenters. The number of unbranched alkanes of at least 4 members (excludes halogenated alkanes) is 5. The van der Waals surface area contributed by atoms with Crippen molar-refractivity contribution < 1.29 is 42.7 Å². The first-order valence-electron chi connectivity index (χ1n) is 19.0. The van der Waals surface area contributed by atoms with Crippen molar-refractivity contribution in [3.63, 3.8) is 0 Å². The Bertz CT molecular complexity index is 1840. The molecule has 0 spiro atoms. The summed E-state index contributed by atoms with van der Waals surface area (Å²) in [7, 11) is 0. The molecule has 0 N–H and O–H groups in total. The minimum absolute atomic E-state index is 0.0107. The first kappa shape index (κ1) is 36.6. The van der Waals surface area contributed by atoms with E-state index in [1.165, 1.54) is 6.42 Å². The van der Waals surface area contributed by atoms with Gasteiger partial charge in [0.25, 0.3) is 0 Å². The summed E-state index contributed by atoms with van der Waals surface area (Å²) in [5.74, 6) is 1.52. The molecule has 2 saturated heterocycles. The molecule has 9 heteroatoms. The molecule has 2 heterocycles. The lowest BCUT2D eigenvalue weighted by Crippen LogP contribution is -2.23. The van der Waals surface area contributed by atoms with E-state index in [9.17, 15) is 9.59 Å². The quantitative estimate of drug-likeness (QED) is 0.0382. The fourth-order valence-corrected chi connectivity index (χ4v) is 6.73. The van der Waals surface area contributed by atoms with E-state index in [0.717, 1.165) is 98.5 Å². The van der Waals surface area contributed by atoms with Crippen LogP contribution in [0.1, 0.15) is 103 Å². The number of carbonyl (C=O) groups excluding carboxylic acids is 2. The molecule has 9 nitrogen and oxygen atoms in total. The van der Waals surface area contributed by atoms with Gasteiger partial charge in [-0.15, -0.1) is 0 Å². The molecular formula is C44H48O9. The van der Waals surface area contributed by atoms with Crippen LogP contribution in [0.3, 0.4) is 0 Å². The zero-order valence-corrected chi connectivity index (χ0v) is 30.6. The number of fused-ring (bicyclic) bond motifs is 3. The molecule has 4 unspecified atom stereocenters. The van der Waals surface area contributed by atoms with Gasteiger partial charge in [-0.2, -0.15) is 0 Å². The average Bonchev–Trinajstić information content (AvgIpc) is 4.12. The van der Waals surface area contributed by atoms with Gasteiger partial charge in [-0.3, -0.25) is 0 Å². The Morgan fingerprint density at radius 2 is 1.21 bits per heavy atom. The molecular weight excluding hydrogens is 672 g/mol. The predicted octanol–water partition coefficient (Wildman–Crippen LogP) is 9.30. The first-order chi connectivity index (χ1) is 25.9. The third-order valence-electron chi connectivity index (χ3n) is 9.94. The van der Waals surface area contributed by atoms with E-state index in [1.807, 2.05) is 48.5 Å². The Balaban J connectivity index is 0.889. The lowest BCUT2D eigenvalue weighted by molar-refractivity contribution is 0.0477. The van der Waals surface area contributed by atoms with Crippen molar-refractivity contribution in [2.24, 2.45) is 0 Å². The van der Waals surface area contributed by atoms with Gasteiger partial charge in [-0.25, -0.2) is 9.59 Å². The highest BCUT2D eigenvalue weighted by Gasteiger charge is 2.34. The Morgan fingerprint density at radius 1 is 0.660 bits per heavy atom. The van der Waals surface area contributed by atoms with E-state index >= 15 is 0 Å². The van der Waals surface area contributed by atoms with Crippen molar-refractivity contribution in [2.75, 3.05) is 26.4 Å². The van der Waals surface area contributed by atoms with Gasteiger partial charge in [0.2, 0.25) is 0 Å². The number of benzene rings is 4. The van der Waals surface area contributed by atoms with Crippen molar-refractivity contribution in [3.8, 4) is 34.1 Å². The Hall–Kier alpha value is -4.70. The van der Waals surface area contributed by atoms with Crippen LogP contribution in [0, 0.1) is 0 Å². The second-order valence-corrected chi connectivity index (χ2v) is 14.0. The van der Waals surface area contributed by atoms with E-state index in [4.69, 9.17) is 33.2 Å². The van der Waals surface area contributed by atoms with Gasteiger partial charge in [-0.05, 0) is 127 Å². The third-order valence-corrected chi connectivity index (χ3v) is 9.94. The number of hydrogen-bond acceptors (Lipinski definition) is 9. The fraction of sp³-hybridized carbons (Fsp3) is 0.409. The molecule has 4 aromatic rings. The van der Waals surface area contributed by atoms with Gasteiger partial charge in [0.15, 0.2) is 6.29 Å². The summed E-state index contributed by atoms with van der Waals surface area (Å²) >= 11 is 0. The summed E-state index contributed by atoms with van der Waals surface area (Å²) < 4.78 is 39.7. The molecule has 0 bridgehead atoms. The van der Waals surface area contributed by atoms with Crippen LogP contribution in [-0.2, 0) is 14.2 Å². The van der Waals surface area contributed by atoms with Crippen LogP contribution in [0.25, 0.3) is 11.1 Å². The van der Waals surface area contributed by atoms with E-state index in [2.05, 4.69) is 13.8 Å². The maximum atomic E-state index is 13.1. The molecule has 2 fully saturated rings. The number of rotatable bonds is 20. The first-order valence-corrected chi connectivity index (χ1v) is 19.0. The average molecular weight is 721 g/mol. The predicted molar refractivity (Wildman–Crippen MR) is 200 cm³/mol. The van der Waals surface area contributed by atoms with Crippen LogP contribution >= 0.6 is 0 Å². The summed E-state index contributed by atoms with van der Waals surface area (Å²) in [6, 6.07) is 25.6. The van der Waals surface area contributed by atoms with Crippen molar-refractivity contribution in [1.29, 1.82) is 0 Å². The molecule has 3 aliphatic rings.